The second-order valence-corrected chi connectivity index (χ2v) is 14.0. The van der Waals surface area contributed by atoms with Gasteiger partial charge in [-0.3, -0.25) is 4.79 Å². The monoisotopic (exact) mass is 648 g/mol. The minimum Gasteiger partial charge on any atom is -0.496 e. The van der Waals surface area contributed by atoms with Crippen molar-refractivity contribution in [3.8, 4) is 16.9 Å². The number of benzene rings is 3. The second-order valence-electron chi connectivity index (χ2n) is 12.6. The van der Waals surface area contributed by atoms with Crippen LogP contribution in [0.15, 0.2) is 66.7 Å². The summed E-state index contributed by atoms with van der Waals surface area (Å²) >= 11 is 8.26. The van der Waals surface area contributed by atoms with Crippen molar-refractivity contribution in [2.75, 3.05) is 14.2 Å². The Hall–Kier alpha value is -3.59. The second kappa shape index (κ2) is 13.8. The van der Waals surface area contributed by atoms with E-state index in [9.17, 15) is 14.7 Å². The Morgan fingerprint density at radius 2 is 1.60 bits per heavy atom. The summed E-state index contributed by atoms with van der Waals surface area (Å²) in [4.78, 5) is 31.4. The zero-order chi connectivity index (χ0) is 32.3. The smallest absolute Gasteiger partial charge is 0.410 e. The molecule has 1 aliphatic rings. The van der Waals surface area contributed by atoms with Gasteiger partial charge in [0.1, 0.15) is 16.2 Å². The molecule has 0 atom stereocenters. The number of halogens is 1. The highest BCUT2D eigenvalue weighted by Crippen LogP contribution is 2.39. The molecule has 1 N–H and O–H groups in total. The molecule has 0 aliphatic heterocycles. The summed E-state index contributed by atoms with van der Waals surface area (Å²) in [6.45, 7) is 5.93. The number of thiophene rings is 1. The number of ether oxygens (including phenoxy) is 2. The molecule has 5 rings (SSSR count). The molecule has 1 aromatic heterocycles. The van der Waals surface area contributed by atoms with Gasteiger partial charge in [-0.1, -0.05) is 60.1 Å². The number of rotatable bonds is 8. The summed E-state index contributed by atoms with van der Waals surface area (Å²) < 4.78 is 12.4. The summed E-state index contributed by atoms with van der Waals surface area (Å²) in [6.07, 6.45) is 2.63. The number of hydrogen-bond acceptors (Lipinski definition) is 6. The van der Waals surface area contributed by atoms with Crippen molar-refractivity contribution in [1.29, 1.82) is 0 Å². The fourth-order valence-electron chi connectivity index (χ4n) is 5.96. The predicted octanol–water partition coefficient (Wildman–Crippen LogP) is 8.54. The standard InChI is InChI=1S/C36H41ClN2O5S/c1-36(2,3)44-35(42)38(4)27-15-17-28(18-16-27)39(34(41)33-32(37)29-8-6-7-9-31(29)45-33)21-26-20-25(14-19-30(26)43-5)24-12-10-23(22-40)11-13-24/h6-14,19-20,27-28,40H,15-18,21-22H2,1-5H3. The predicted molar refractivity (Wildman–Crippen MR) is 181 cm³/mol. The van der Waals surface area contributed by atoms with E-state index in [2.05, 4.69) is 6.07 Å². The molecule has 0 bridgehead atoms. The number of carbonyl (C=O) groups is 2. The van der Waals surface area contributed by atoms with Gasteiger partial charge in [0, 0.05) is 41.3 Å². The van der Waals surface area contributed by atoms with Crippen molar-refractivity contribution >= 4 is 45.0 Å². The van der Waals surface area contributed by atoms with Gasteiger partial charge in [0.05, 0.1) is 18.7 Å². The molecule has 2 amide bonds. The van der Waals surface area contributed by atoms with Crippen LogP contribution in [-0.4, -0.2) is 58.7 Å². The Kier molecular flexibility index (Phi) is 10.1. The van der Waals surface area contributed by atoms with Crippen LogP contribution in [0, 0.1) is 0 Å². The van der Waals surface area contributed by atoms with Gasteiger partial charge in [0.2, 0.25) is 0 Å². The number of amides is 2. The highest BCUT2D eigenvalue weighted by atomic mass is 35.5. The number of fused-ring (bicyclic) bond motifs is 1. The molecule has 0 saturated heterocycles. The fraction of sp³-hybridized carbons (Fsp3) is 0.389. The minimum absolute atomic E-state index is 0.0126. The quantitative estimate of drug-likeness (QED) is 0.207. The van der Waals surface area contributed by atoms with E-state index < -0.39 is 5.60 Å². The third kappa shape index (κ3) is 7.46. The maximum Gasteiger partial charge on any atom is 0.410 e. The van der Waals surface area contributed by atoms with Crippen molar-refractivity contribution in [3.63, 3.8) is 0 Å². The molecule has 238 valence electrons. The lowest BCUT2D eigenvalue weighted by atomic mass is 9.89. The molecule has 0 spiro atoms. The average Bonchev–Trinajstić information content (AvgIpc) is 3.38. The van der Waals surface area contributed by atoms with E-state index in [0.29, 0.717) is 22.2 Å². The molecule has 0 unspecified atom stereocenters. The summed E-state index contributed by atoms with van der Waals surface area (Å²) in [7, 11) is 3.43. The third-order valence-corrected chi connectivity index (χ3v) is 10.1. The van der Waals surface area contributed by atoms with Crippen LogP contribution in [0.5, 0.6) is 5.75 Å². The number of nitrogens with zero attached hydrogens (tertiary/aromatic N) is 2. The fourth-order valence-corrected chi connectivity index (χ4v) is 7.42. The molecule has 4 aromatic rings. The van der Waals surface area contributed by atoms with E-state index in [4.69, 9.17) is 21.1 Å². The lowest BCUT2D eigenvalue weighted by molar-refractivity contribution is 0.0144. The first-order valence-electron chi connectivity index (χ1n) is 15.3. The van der Waals surface area contributed by atoms with E-state index in [1.54, 1.807) is 19.1 Å². The largest absolute Gasteiger partial charge is 0.496 e. The Balaban J connectivity index is 1.45. The average molecular weight is 649 g/mol. The molecule has 7 nitrogen and oxygen atoms in total. The Bertz CT molecular complexity index is 1650. The van der Waals surface area contributed by atoms with E-state index in [1.165, 1.54) is 11.3 Å². The molecular weight excluding hydrogens is 608 g/mol. The van der Waals surface area contributed by atoms with Crippen LogP contribution >= 0.6 is 22.9 Å². The van der Waals surface area contributed by atoms with Gasteiger partial charge >= 0.3 is 6.09 Å². The van der Waals surface area contributed by atoms with Gasteiger partial charge in [-0.25, -0.2) is 4.79 Å². The van der Waals surface area contributed by atoms with Crippen LogP contribution in [-0.2, 0) is 17.9 Å². The highest BCUT2D eigenvalue weighted by molar-refractivity contribution is 7.21. The first-order chi connectivity index (χ1) is 21.5. The number of hydrogen-bond donors (Lipinski definition) is 1. The highest BCUT2D eigenvalue weighted by Gasteiger charge is 2.35. The molecule has 0 radical (unpaired) electrons. The molecule has 1 heterocycles. The van der Waals surface area contributed by atoms with Gasteiger partial charge in [0.25, 0.3) is 5.91 Å². The molecule has 3 aromatic carbocycles. The van der Waals surface area contributed by atoms with E-state index in [0.717, 1.165) is 58.0 Å². The Morgan fingerprint density at radius 3 is 2.22 bits per heavy atom. The van der Waals surface area contributed by atoms with Gasteiger partial charge in [-0.15, -0.1) is 11.3 Å². The molecule has 1 fully saturated rings. The molecule has 45 heavy (non-hydrogen) atoms. The summed E-state index contributed by atoms with van der Waals surface area (Å²) in [5.41, 5.74) is 3.17. The molecule has 1 aliphatic carbocycles. The lowest BCUT2D eigenvalue weighted by Crippen LogP contribution is -2.47. The zero-order valence-electron chi connectivity index (χ0n) is 26.5. The van der Waals surface area contributed by atoms with Crippen molar-refractivity contribution < 1.29 is 24.2 Å². The van der Waals surface area contributed by atoms with Crippen molar-refractivity contribution in [1.82, 2.24) is 9.80 Å². The molecular formula is C36H41ClN2O5S. The number of methoxy groups -OCH3 is 1. The van der Waals surface area contributed by atoms with Gasteiger partial charge in [-0.05, 0) is 81.3 Å². The first-order valence-corrected chi connectivity index (χ1v) is 16.5. The van der Waals surface area contributed by atoms with E-state index >= 15 is 0 Å². The van der Waals surface area contributed by atoms with Gasteiger partial charge in [-0.2, -0.15) is 0 Å². The maximum absolute atomic E-state index is 14.4. The van der Waals surface area contributed by atoms with Gasteiger partial charge in [0.15, 0.2) is 0 Å². The topological polar surface area (TPSA) is 79.3 Å². The molecule has 9 heteroatoms. The number of aliphatic hydroxyl groups excluding tert-OH is 1. The van der Waals surface area contributed by atoms with Gasteiger partial charge < -0.3 is 24.4 Å². The first kappa shape index (κ1) is 32.8. The minimum atomic E-state index is -0.566. The van der Waals surface area contributed by atoms with Crippen molar-refractivity contribution in [2.24, 2.45) is 0 Å². The summed E-state index contributed by atoms with van der Waals surface area (Å²) in [6, 6.07) is 21.6. The van der Waals surface area contributed by atoms with Crippen molar-refractivity contribution in [3.05, 3.63) is 87.8 Å². The normalized spacial score (nSPS) is 16.8. The van der Waals surface area contributed by atoms with E-state index in [-0.39, 0.29) is 30.7 Å². The third-order valence-electron chi connectivity index (χ3n) is 8.42. The molecule has 1 saturated carbocycles. The Labute approximate surface area is 274 Å². The zero-order valence-corrected chi connectivity index (χ0v) is 28.1. The number of aliphatic hydroxyl groups is 1. The van der Waals surface area contributed by atoms with Crippen LogP contribution < -0.4 is 4.74 Å². The maximum atomic E-state index is 14.4. The van der Waals surface area contributed by atoms with Crippen LogP contribution in [0.1, 0.15) is 67.3 Å². The lowest BCUT2D eigenvalue weighted by Gasteiger charge is -2.40. The van der Waals surface area contributed by atoms with Crippen molar-refractivity contribution in [2.45, 2.75) is 77.3 Å². The van der Waals surface area contributed by atoms with E-state index in [1.807, 2.05) is 86.3 Å². The summed E-state index contributed by atoms with van der Waals surface area (Å²) in [5.74, 6) is 0.592. The van der Waals surface area contributed by atoms with Crippen LogP contribution in [0.4, 0.5) is 4.79 Å². The van der Waals surface area contributed by atoms with Crippen LogP contribution in [0.2, 0.25) is 5.02 Å². The SMILES string of the molecule is COc1ccc(-c2ccc(CO)cc2)cc1CN(C(=O)c1sc2ccccc2c1Cl)C1CCC(N(C)C(=O)OC(C)(C)C)CC1. The number of carbonyl (C=O) groups excluding carboxylic acids is 2. The Morgan fingerprint density at radius 1 is 0.956 bits per heavy atom. The van der Waals surface area contributed by atoms with Crippen LogP contribution in [0.25, 0.3) is 21.2 Å². The van der Waals surface area contributed by atoms with Crippen LogP contribution in [0.3, 0.4) is 0 Å². The summed E-state index contributed by atoms with van der Waals surface area (Å²) in [5, 5.41) is 10.8.